The standard InChI is InChI=1S/C9H12O3/c1-3-8(10)6-4-5-7(2)9(11)12/h3H,1-2,4-6H2,(H,11,12). The normalized spacial score (nSPS) is 9.00. The summed E-state index contributed by atoms with van der Waals surface area (Å²) in [5.41, 5.74) is 0.145. The van der Waals surface area contributed by atoms with Gasteiger partial charge in [0.1, 0.15) is 0 Å². The molecule has 0 aliphatic carbocycles. The van der Waals surface area contributed by atoms with Crippen molar-refractivity contribution in [2.24, 2.45) is 0 Å². The molecule has 3 nitrogen and oxygen atoms in total. The third-order valence-corrected chi connectivity index (χ3v) is 1.43. The van der Waals surface area contributed by atoms with Crippen molar-refractivity contribution in [2.45, 2.75) is 19.3 Å². The lowest BCUT2D eigenvalue weighted by atomic mass is 10.1. The first-order valence-corrected chi connectivity index (χ1v) is 3.64. The van der Waals surface area contributed by atoms with Gasteiger partial charge in [0, 0.05) is 12.0 Å². The second kappa shape index (κ2) is 5.29. The summed E-state index contributed by atoms with van der Waals surface area (Å²) in [6.45, 7) is 6.65. The van der Waals surface area contributed by atoms with Crippen molar-refractivity contribution in [3.8, 4) is 0 Å². The molecule has 0 atom stereocenters. The molecule has 0 aromatic heterocycles. The molecule has 0 aromatic rings. The Balaban J connectivity index is 3.57. The lowest BCUT2D eigenvalue weighted by Crippen LogP contribution is -2.00. The quantitative estimate of drug-likeness (QED) is 0.612. The summed E-state index contributed by atoms with van der Waals surface area (Å²) in [6.07, 6.45) is 2.46. The summed E-state index contributed by atoms with van der Waals surface area (Å²) < 4.78 is 0. The summed E-state index contributed by atoms with van der Waals surface area (Å²) >= 11 is 0. The van der Waals surface area contributed by atoms with Crippen molar-refractivity contribution in [2.75, 3.05) is 0 Å². The van der Waals surface area contributed by atoms with Crippen LogP contribution < -0.4 is 0 Å². The second-order valence-corrected chi connectivity index (χ2v) is 2.43. The zero-order chi connectivity index (χ0) is 9.56. The molecule has 0 rings (SSSR count). The minimum absolute atomic E-state index is 0.0619. The molecule has 0 bridgehead atoms. The van der Waals surface area contributed by atoms with E-state index in [1.807, 2.05) is 0 Å². The number of ketones is 1. The zero-order valence-corrected chi connectivity index (χ0v) is 6.88. The number of carboxylic acids is 1. The Labute approximate surface area is 71.4 Å². The van der Waals surface area contributed by atoms with Gasteiger partial charge >= 0.3 is 5.97 Å². The molecule has 1 N–H and O–H groups in total. The summed E-state index contributed by atoms with van der Waals surface area (Å²) in [7, 11) is 0. The van der Waals surface area contributed by atoms with Gasteiger partial charge in [0.05, 0.1) is 0 Å². The Kier molecular flexibility index (Phi) is 4.69. The number of carbonyl (C=O) groups is 2. The highest BCUT2D eigenvalue weighted by molar-refractivity contribution is 5.89. The Bertz CT molecular complexity index is 216. The molecular weight excluding hydrogens is 156 g/mol. The van der Waals surface area contributed by atoms with Crippen LogP contribution in [0.3, 0.4) is 0 Å². The first-order chi connectivity index (χ1) is 5.57. The van der Waals surface area contributed by atoms with Gasteiger partial charge in [0.15, 0.2) is 5.78 Å². The molecule has 0 aliphatic rings. The van der Waals surface area contributed by atoms with Gasteiger partial charge in [-0.15, -0.1) is 0 Å². The molecule has 0 aromatic carbocycles. The van der Waals surface area contributed by atoms with Crippen LogP contribution in [0.4, 0.5) is 0 Å². The van der Waals surface area contributed by atoms with Crippen LogP contribution in [-0.2, 0) is 9.59 Å². The molecule has 12 heavy (non-hydrogen) atoms. The maximum atomic E-state index is 10.7. The first kappa shape index (κ1) is 10.6. The maximum absolute atomic E-state index is 10.7. The van der Waals surface area contributed by atoms with Crippen LogP contribution >= 0.6 is 0 Å². The lowest BCUT2D eigenvalue weighted by molar-refractivity contribution is -0.132. The van der Waals surface area contributed by atoms with Crippen LogP contribution in [0.1, 0.15) is 19.3 Å². The van der Waals surface area contributed by atoms with Crippen LogP contribution in [-0.4, -0.2) is 16.9 Å². The maximum Gasteiger partial charge on any atom is 0.330 e. The first-order valence-electron chi connectivity index (χ1n) is 3.64. The van der Waals surface area contributed by atoms with E-state index in [9.17, 15) is 9.59 Å². The number of hydrogen-bond acceptors (Lipinski definition) is 2. The highest BCUT2D eigenvalue weighted by atomic mass is 16.4. The fraction of sp³-hybridized carbons (Fsp3) is 0.333. The van der Waals surface area contributed by atoms with Crippen molar-refractivity contribution < 1.29 is 14.7 Å². The molecule has 0 saturated heterocycles. The molecular formula is C9H12O3. The van der Waals surface area contributed by atoms with Crippen LogP contribution in [0.15, 0.2) is 24.8 Å². The second-order valence-electron chi connectivity index (χ2n) is 2.43. The number of carboxylic acid groups (broad SMARTS) is 1. The van der Waals surface area contributed by atoms with Gasteiger partial charge in [-0.1, -0.05) is 13.2 Å². The molecule has 3 heteroatoms. The Morgan fingerprint density at radius 1 is 1.33 bits per heavy atom. The molecule has 0 spiro atoms. The molecule has 0 fully saturated rings. The third-order valence-electron chi connectivity index (χ3n) is 1.43. The summed E-state index contributed by atoms with van der Waals surface area (Å²) in [6, 6.07) is 0. The fourth-order valence-corrected chi connectivity index (χ4v) is 0.685. The predicted octanol–water partition coefficient (Wildman–Crippen LogP) is 1.55. The molecule has 0 unspecified atom stereocenters. The van der Waals surface area contributed by atoms with Crippen LogP contribution in [0.2, 0.25) is 0 Å². The van der Waals surface area contributed by atoms with Gasteiger partial charge in [-0.05, 0) is 18.9 Å². The average molecular weight is 168 g/mol. The van der Waals surface area contributed by atoms with Crippen LogP contribution in [0.5, 0.6) is 0 Å². The monoisotopic (exact) mass is 168 g/mol. The van der Waals surface area contributed by atoms with Gasteiger partial charge < -0.3 is 5.11 Å². The number of rotatable bonds is 6. The smallest absolute Gasteiger partial charge is 0.330 e. The molecule has 0 heterocycles. The van der Waals surface area contributed by atoms with E-state index in [0.29, 0.717) is 19.3 Å². The fourth-order valence-electron chi connectivity index (χ4n) is 0.685. The van der Waals surface area contributed by atoms with Gasteiger partial charge in [0.25, 0.3) is 0 Å². The predicted molar refractivity (Wildman–Crippen MR) is 45.8 cm³/mol. The number of hydrogen-bond donors (Lipinski definition) is 1. The van der Waals surface area contributed by atoms with Crippen molar-refractivity contribution in [1.29, 1.82) is 0 Å². The van der Waals surface area contributed by atoms with E-state index in [0.717, 1.165) is 0 Å². The molecule has 0 amide bonds. The summed E-state index contributed by atoms with van der Waals surface area (Å²) in [5.74, 6) is -1.06. The van der Waals surface area contributed by atoms with Crippen molar-refractivity contribution in [3.05, 3.63) is 24.8 Å². The third kappa shape index (κ3) is 4.44. The van der Waals surface area contributed by atoms with Gasteiger partial charge in [-0.2, -0.15) is 0 Å². The Morgan fingerprint density at radius 2 is 1.92 bits per heavy atom. The Morgan fingerprint density at radius 3 is 2.33 bits per heavy atom. The highest BCUT2D eigenvalue weighted by Gasteiger charge is 2.03. The van der Waals surface area contributed by atoms with Gasteiger partial charge in [0.2, 0.25) is 0 Å². The Hall–Kier alpha value is -1.38. The number of aliphatic carboxylic acids is 1. The van der Waals surface area contributed by atoms with Crippen molar-refractivity contribution >= 4 is 11.8 Å². The van der Waals surface area contributed by atoms with E-state index in [1.54, 1.807) is 0 Å². The van der Waals surface area contributed by atoms with Crippen molar-refractivity contribution in [3.63, 3.8) is 0 Å². The van der Waals surface area contributed by atoms with E-state index < -0.39 is 5.97 Å². The SMILES string of the molecule is C=CC(=O)CCCC(=C)C(=O)O. The van der Waals surface area contributed by atoms with Crippen LogP contribution in [0.25, 0.3) is 0 Å². The summed E-state index contributed by atoms with van der Waals surface area (Å²) in [5, 5.41) is 8.40. The van der Waals surface area contributed by atoms with Gasteiger partial charge in [-0.25, -0.2) is 4.79 Å². The average Bonchev–Trinajstić information content (AvgIpc) is 2.03. The van der Waals surface area contributed by atoms with E-state index in [4.69, 9.17) is 5.11 Å². The zero-order valence-electron chi connectivity index (χ0n) is 6.88. The molecule has 66 valence electrons. The van der Waals surface area contributed by atoms with Gasteiger partial charge in [-0.3, -0.25) is 4.79 Å². The minimum Gasteiger partial charge on any atom is -0.478 e. The molecule has 0 radical (unpaired) electrons. The van der Waals surface area contributed by atoms with E-state index in [2.05, 4.69) is 13.2 Å². The van der Waals surface area contributed by atoms with Crippen LogP contribution in [0, 0.1) is 0 Å². The number of carbonyl (C=O) groups excluding carboxylic acids is 1. The minimum atomic E-state index is -0.999. The molecule has 0 saturated carbocycles. The van der Waals surface area contributed by atoms with E-state index in [1.165, 1.54) is 6.08 Å². The van der Waals surface area contributed by atoms with E-state index >= 15 is 0 Å². The number of allylic oxidation sites excluding steroid dienone is 1. The topological polar surface area (TPSA) is 54.4 Å². The molecule has 0 aliphatic heterocycles. The highest BCUT2D eigenvalue weighted by Crippen LogP contribution is 2.05. The summed E-state index contributed by atoms with van der Waals surface area (Å²) in [4.78, 5) is 20.9. The van der Waals surface area contributed by atoms with Crippen molar-refractivity contribution in [1.82, 2.24) is 0 Å². The lowest BCUT2D eigenvalue weighted by Gasteiger charge is -1.97. The van der Waals surface area contributed by atoms with E-state index in [-0.39, 0.29) is 11.4 Å². The largest absolute Gasteiger partial charge is 0.478 e.